The van der Waals surface area contributed by atoms with Crippen LogP contribution in [0.5, 0.6) is 5.75 Å². The van der Waals surface area contributed by atoms with Gasteiger partial charge in [-0.05, 0) is 86.0 Å². The van der Waals surface area contributed by atoms with Gasteiger partial charge in [-0.15, -0.1) is 0 Å². The maximum Gasteiger partial charge on any atom is 0.303 e. The van der Waals surface area contributed by atoms with Crippen molar-refractivity contribution in [3.8, 4) is 17.6 Å². The first-order chi connectivity index (χ1) is 18.7. The molecule has 6 nitrogen and oxygen atoms in total. The van der Waals surface area contributed by atoms with Crippen molar-refractivity contribution in [1.82, 2.24) is 9.88 Å². The Bertz CT molecular complexity index is 1360. The molecule has 4 rings (SSSR count). The van der Waals surface area contributed by atoms with Crippen LogP contribution in [-0.4, -0.2) is 52.8 Å². The summed E-state index contributed by atoms with van der Waals surface area (Å²) in [5, 5.41) is 22.6. The number of aromatic nitrogens is 1. The van der Waals surface area contributed by atoms with Crippen molar-refractivity contribution < 1.29 is 19.7 Å². The number of hydrogen-bond acceptors (Lipinski definition) is 5. The first-order valence-corrected chi connectivity index (χ1v) is 14.1. The number of rotatable bonds is 9. The molecule has 0 radical (unpaired) electrons. The Morgan fingerprint density at radius 3 is 2.64 bits per heavy atom. The highest BCUT2D eigenvalue weighted by Gasteiger charge is 2.30. The Hall–Kier alpha value is -2.53. The highest BCUT2D eigenvalue weighted by atomic mass is 35.5. The third-order valence-electron chi connectivity index (χ3n) is 7.38. The summed E-state index contributed by atoms with van der Waals surface area (Å²) in [5.41, 5.74) is 2.19. The molecule has 0 spiro atoms. The Balaban J connectivity index is 1.41. The Labute approximate surface area is 243 Å². The van der Waals surface area contributed by atoms with Gasteiger partial charge < -0.3 is 14.9 Å². The molecule has 1 fully saturated rings. The average Bonchev–Trinajstić information content (AvgIpc) is 2.91. The van der Waals surface area contributed by atoms with E-state index >= 15 is 0 Å². The zero-order valence-electron chi connectivity index (χ0n) is 21.7. The number of methoxy groups -OCH3 is 1. The molecule has 1 aromatic heterocycles. The van der Waals surface area contributed by atoms with E-state index in [-0.39, 0.29) is 12.3 Å². The predicted octanol–water partition coefficient (Wildman–Crippen LogP) is 6.87. The number of benzene rings is 2. The van der Waals surface area contributed by atoms with Crippen LogP contribution in [0.25, 0.3) is 10.9 Å². The molecule has 0 aliphatic carbocycles. The standard InChI is InChI=1S/C30H31Cl3N2O4/c1-39-22-6-7-28-25(17-22)23(10-12-34-28)29(36)8-4-19-11-14-35(18-20(19)5-9-30(37)38)13-2-3-24-26(32)15-21(31)16-27(24)33/h6-7,10,12,15-17,19-20,29,36H,4-5,8-9,11,13-14,18H2,1H3,(H,37,38)/t19?,20?,29-/m0/s1. The van der Waals surface area contributed by atoms with Crippen LogP contribution in [0, 0.1) is 23.7 Å². The lowest BCUT2D eigenvalue weighted by molar-refractivity contribution is -0.137. The number of aliphatic hydroxyl groups excluding tert-OH is 1. The first-order valence-electron chi connectivity index (χ1n) is 12.9. The van der Waals surface area contributed by atoms with E-state index in [1.54, 1.807) is 25.4 Å². The minimum absolute atomic E-state index is 0.119. The Morgan fingerprint density at radius 2 is 1.92 bits per heavy atom. The molecule has 1 aliphatic heterocycles. The third-order valence-corrected chi connectivity index (χ3v) is 8.19. The monoisotopic (exact) mass is 588 g/mol. The van der Waals surface area contributed by atoms with Crippen molar-refractivity contribution in [3.05, 3.63) is 68.8 Å². The molecule has 206 valence electrons. The molecule has 0 saturated carbocycles. The molecular formula is C30H31Cl3N2O4. The summed E-state index contributed by atoms with van der Waals surface area (Å²) >= 11 is 18.5. The van der Waals surface area contributed by atoms with E-state index in [9.17, 15) is 15.0 Å². The van der Waals surface area contributed by atoms with Crippen LogP contribution in [-0.2, 0) is 4.79 Å². The minimum atomic E-state index is -0.796. The molecule has 39 heavy (non-hydrogen) atoms. The SMILES string of the molecule is COc1ccc2nccc([C@@H](O)CCC3CCN(CC#Cc4c(Cl)cc(Cl)cc4Cl)CC3CCC(=O)O)c2c1. The van der Waals surface area contributed by atoms with Crippen molar-refractivity contribution in [2.24, 2.45) is 11.8 Å². The fourth-order valence-electron chi connectivity index (χ4n) is 5.31. The molecule has 0 bridgehead atoms. The van der Waals surface area contributed by atoms with Crippen LogP contribution in [0.1, 0.15) is 49.3 Å². The number of pyridine rings is 1. The minimum Gasteiger partial charge on any atom is -0.497 e. The van der Waals surface area contributed by atoms with Crippen LogP contribution in [0.2, 0.25) is 15.1 Å². The smallest absolute Gasteiger partial charge is 0.303 e. The molecule has 1 saturated heterocycles. The number of carboxylic acid groups (broad SMARTS) is 1. The average molecular weight is 590 g/mol. The second kappa shape index (κ2) is 13.7. The molecule has 9 heteroatoms. The van der Waals surface area contributed by atoms with Crippen LogP contribution >= 0.6 is 34.8 Å². The molecule has 3 aromatic rings. The van der Waals surface area contributed by atoms with Crippen LogP contribution < -0.4 is 4.74 Å². The second-order valence-corrected chi connectivity index (χ2v) is 11.1. The molecule has 2 unspecified atom stereocenters. The number of carbonyl (C=O) groups is 1. The van der Waals surface area contributed by atoms with E-state index in [4.69, 9.17) is 39.5 Å². The highest BCUT2D eigenvalue weighted by Crippen LogP contribution is 2.35. The lowest BCUT2D eigenvalue weighted by atomic mass is 9.79. The van der Waals surface area contributed by atoms with Gasteiger partial charge in [-0.25, -0.2) is 0 Å². The summed E-state index contributed by atoms with van der Waals surface area (Å²) in [6, 6.07) is 10.7. The topological polar surface area (TPSA) is 82.9 Å². The van der Waals surface area contributed by atoms with Crippen molar-refractivity contribution in [2.75, 3.05) is 26.7 Å². The summed E-state index contributed by atoms with van der Waals surface area (Å²) < 4.78 is 5.36. The predicted molar refractivity (Wildman–Crippen MR) is 156 cm³/mol. The van der Waals surface area contributed by atoms with E-state index in [0.29, 0.717) is 51.7 Å². The lowest BCUT2D eigenvalue weighted by Crippen LogP contribution is -2.41. The molecule has 0 amide bonds. The summed E-state index contributed by atoms with van der Waals surface area (Å²) in [7, 11) is 1.62. The van der Waals surface area contributed by atoms with Gasteiger partial charge in [0.2, 0.25) is 0 Å². The van der Waals surface area contributed by atoms with Crippen molar-refractivity contribution in [1.29, 1.82) is 0 Å². The van der Waals surface area contributed by atoms with Gasteiger partial charge >= 0.3 is 5.97 Å². The number of nitrogens with zero attached hydrogens (tertiary/aromatic N) is 2. The summed E-state index contributed by atoms with van der Waals surface area (Å²) in [6.07, 6.45) is 4.06. The van der Waals surface area contributed by atoms with Gasteiger partial charge in [0.1, 0.15) is 5.75 Å². The van der Waals surface area contributed by atoms with Crippen LogP contribution in [0.3, 0.4) is 0 Å². The molecule has 3 atom stereocenters. The quantitative estimate of drug-likeness (QED) is 0.265. The normalized spacial score (nSPS) is 18.4. The maximum absolute atomic E-state index is 11.3. The number of aliphatic hydroxyl groups is 1. The van der Waals surface area contributed by atoms with Crippen molar-refractivity contribution in [3.63, 3.8) is 0 Å². The van der Waals surface area contributed by atoms with Gasteiger partial charge in [0.25, 0.3) is 0 Å². The first kappa shape index (κ1) is 29.5. The number of piperidine rings is 1. The molecular weight excluding hydrogens is 559 g/mol. The number of aliphatic carboxylic acids is 1. The zero-order valence-corrected chi connectivity index (χ0v) is 23.9. The van der Waals surface area contributed by atoms with E-state index in [1.807, 2.05) is 24.3 Å². The van der Waals surface area contributed by atoms with Crippen molar-refractivity contribution >= 4 is 51.7 Å². The van der Waals surface area contributed by atoms with E-state index in [1.165, 1.54) is 0 Å². The third kappa shape index (κ3) is 7.78. The van der Waals surface area contributed by atoms with Crippen LogP contribution in [0.15, 0.2) is 42.6 Å². The van der Waals surface area contributed by atoms with Gasteiger partial charge in [0.05, 0.1) is 40.9 Å². The van der Waals surface area contributed by atoms with Crippen LogP contribution in [0.4, 0.5) is 0 Å². The number of carboxylic acids is 1. The van der Waals surface area contributed by atoms with Gasteiger partial charge in [-0.2, -0.15) is 0 Å². The number of hydrogen-bond donors (Lipinski definition) is 2. The number of fused-ring (bicyclic) bond motifs is 1. The zero-order chi connectivity index (χ0) is 27.9. The summed E-state index contributed by atoms with van der Waals surface area (Å²) in [4.78, 5) is 18.0. The van der Waals surface area contributed by atoms with Gasteiger partial charge in [0, 0.05) is 29.6 Å². The summed E-state index contributed by atoms with van der Waals surface area (Å²) in [5.74, 6) is 6.65. The number of ether oxygens (including phenoxy) is 1. The molecule has 2 heterocycles. The van der Waals surface area contributed by atoms with Gasteiger partial charge in [-0.1, -0.05) is 46.6 Å². The Kier molecular flexibility index (Phi) is 10.3. The largest absolute Gasteiger partial charge is 0.497 e. The number of likely N-dealkylation sites (tertiary alicyclic amines) is 1. The molecule has 2 aromatic carbocycles. The van der Waals surface area contributed by atoms with E-state index in [0.717, 1.165) is 42.4 Å². The fraction of sp³-hybridized carbons (Fsp3) is 0.400. The second-order valence-electron chi connectivity index (χ2n) is 9.90. The lowest BCUT2D eigenvalue weighted by Gasteiger charge is -2.38. The van der Waals surface area contributed by atoms with Gasteiger partial charge in [-0.3, -0.25) is 14.7 Å². The number of halogens is 3. The molecule has 1 aliphatic rings. The maximum atomic E-state index is 11.3. The van der Waals surface area contributed by atoms with E-state index in [2.05, 4.69) is 21.7 Å². The Morgan fingerprint density at radius 1 is 1.15 bits per heavy atom. The highest BCUT2D eigenvalue weighted by molar-refractivity contribution is 6.39. The van der Waals surface area contributed by atoms with Crippen molar-refractivity contribution in [2.45, 2.75) is 38.2 Å². The van der Waals surface area contributed by atoms with Gasteiger partial charge in [0.15, 0.2) is 0 Å². The summed E-state index contributed by atoms with van der Waals surface area (Å²) in [6.45, 7) is 2.12. The fourth-order valence-corrected chi connectivity index (χ4v) is 6.22. The molecule has 2 N–H and O–H groups in total. The van der Waals surface area contributed by atoms with E-state index < -0.39 is 12.1 Å².